The van der Waals surface area contributed by atoms with E-state index in [1.54, 1.807) is 20.8 Å². The van der Waals surface area contributed by atoms with E-state index in [9.17, 15) is 18.4 Å². The zero-order valence-electron chi connectivity index (χ0n) is 11.9. The Balaban J connectivity index is 2.82. The molecule has 0 aliphatic rings. The van der Waals surface area contributed by atoms with E-state index in [1.807, 2.05) is 0 Å². The molecule has 1 atom stereocenters. The van der Waals surface area contributed by atoms with Crippen molar-refractivity contribution in [1.82, 2.24) is 5.32 Å². The number of amides is 1. The van der Waals surface area contributed by atoms with E-state index in [0.29, 0.717) is 6.07 Å². The average Bonchev–Trinajstić information content (AvgIpc) is 2.36. The second-order valence-corrected chi connectivity index (χ2v) is 5.37. The van der Waals surface area contributed by atoms with Crippen molar-refractivity contribution in [3.8, 4) is 0 Å². The highest BCUT2D eigenvalue weighted by atomic mass is 19.2. The zero-order valence-corrected chi connectivity index (χ0v) is 11.9. The fourth-order valence-electron chi connectivity index (χ4n) is 1.49. The Morgan fingerprint density at radius 2 is 1.90 bits per heavy atom. The minimum absolute atomic E-state index is 0.163. The van der Waals surface area contributed by atoms with Gasteiger partial charge in [-0.2, -0.15) is 0 Å². The molecular formula is C14H17F2NO4. The van der Waals surface area contributed by atoms with E-state index >= 15 is 0 Å². The Bertz CT molecular complexity index is 540. The summed E-state index contributed by atoms with van der Waals surface area (Å²) in [6.45, 7) is 4.21. The number of hydrogen-bond acceptors (Lipinski definition) is 4. The molecule has 1 aromatic carbocycles. The van der Waals surface area contributed by atoms with Crippen LogP contribution in [0.3, 0.4) is 0 Å². The van der Waals surface area contributed by atoms with Crippen LogP contribution in [0, 0.1) is 11.6 Å². The van der Waals surface area contributed by atoms with E-state index in [-0.39, 0.29) is 5.56 Å². The molecule has 1 rings (SSSR count). The Kier molecular flexibility index (Phi) is 5.37. The minimum Gasteiger partial charge on any atom is -0.444 e. The van der Waals surface area contributed by atoms with Gasteiger partial charge in [-0.25, -0.2) is 13.6 Å². The number of alkyl carbamates (subject to hydrolysis) is 1. The van der Waals surface area contributed by atoms with Gasteiger partial charge >= 0.3 is 6.09 Å². The van der Waals surface area contributed by atoms with Gasteiger partial charge < -0.3 is 15.2 Å². The summed E-state index contributed by atoms with van der Waals surface area (Å²) >= 11 is 0. The molecule has 5 nitrogen and oxygen atoms in total. The number of carbonyl (C=O) groups is 2. The van der Waals surface area contributed by atoms with Crippen molar-refractivity contribution in [1.29, 1.82) is 0 Å². The van der Waals surface area contributed by atoms with Crippen molar-refractivity contribution >= 4 is 11.9 Å². The summed E-state index contributed by atoms with van der Waals surface area (Å²) in [7, 11) is 0. The van der Waals surface area contributed by atoms with Gasteiger partial charge in [0.1, 0.15) is 11.6 Å². The molecule has 0 heterocycles. The van der Waals surface area contributed by atoms with Crippen LogP contribution in [0.1, 0.15) is 31.1 Å². The van der Waals surface area contributed by atoms with Gasteiger partial charge in [0.25, 0.3) is 0 Å². The van der Waals surface area contributed by atoms with Gasteiger partial charge in [0.05, 0.1) is 6.61 Å². The zero-order chi connectivity index (χ0) is 16.2. The number of rotatable bonds is 4. The Hall–Kier alpha value is -2.02. The van der Waals surface area contributed by atoms with Crippen LogP contribution in [0.25, 0.3) is 0 Å². The molecule has 1 unspecified atom stereocenters. The molecule has 1 amide bonds. The van der Waals surface area contributed by atoms with Crippen LogP contribution in [0.5, 0.6) is 0 Å². The number of benzene rings is 1. The van der Waals surface area contributed by atoms with Gasteiger partial charge in [-0.05, 0) is 39.0 Å². The highest BCUT2D eigenvalue weighted by Crippen LogP contribution is 2.12. The lowest BCUT2D eigenvalue weighted by Crippen LogP contribution is -2.45. The largest absolute Gasteiger partial charge is 0.444 e. The van der Waals surface area contributed by atoms with Crippen LogP contribution in [0.4, 0.5) is 13.6 Å². The molecule has 0 aromatic heterocycles. The lowest BCUT2D eigenvalue weighted by atomic mass is 10.0. The average molecular weight is 301 g/mol. The summed E-state index contributed by atoms with van der Waals surface area (Å²) < 4.78 is 30.9. The van der Waals surface area contributed by atoms with Crippen LogP contribution in [0.15, 0.2) is 18.2 Å². The number of aliphatic hydroxyl groups excluding tert-OH is 1. The highest BCUT2D eigenvalue weighted by molar-refractivity contribution is 6.01. The number of nitrogens with one attached hydrogen (secondary N) is 1. The first-order chi connectivity index (χ1) is 9.64. The molecule has 21 heavy (non-hydrogen) atoms. The van der Waals surface area contributed by atoms with Gasteiger partial charge in [-0.15, -0.1) is 0 Å². The first kappa shape index (κ1) is 17.0. The standard InChI is InChI=1S/C14H17F2NO4/c1-14(2,3)21-13(20)17-11(7-18)12(19)8-4-5-9(15)10(16)6-8/h4-6,11,18H,7H2,1-3H3,(H,17,20). The number of ketones is 1. The molecule has 1 aromatic rings. The molecular weight excluding hydrogens is 284 g/mol. The van der Waals surface area contributed by atoms with Crippen molar-refractivity contribution in [2.24, 2.45) is 0 Å². The summed E-state index contributed by atoms with van der Waals surface area (Å²) in [5.41, 5.74) is -0.932. The normalized spacial score (nSPS) is 12.7. The van der Waals surface area contributed by atoms with Crippen LogP contribution >= 0.6 is 0 Å². The first-order valence-electron chi connectivity index (χ1n) is 6.23. The number of ether oxygens (including phenoxy) is 1. The topological polar surface area (TPSA) is 75.6 Å². The van der Waals surface area contributed by atoms with Crippen molar-refractivity contribution in [2.45, 2.75) is 32.4 Å². The van der Waals surface area contributed by atoms with Gasteiger partial charge in [0.2, 0.25) is 0 Å². The van der Waals surface area contributed by atoms with E-state index < -0.39 is 41.8 Å². The van der Waals surface area contributed by atoms with Gasteiger partial charge in [-0.1, -0.05) is 0 Å². The van der Waals surface area contributed by atoms with E-state index in [0.717, 1.165) is 12.1 Å². The molecule has 0 bridgehead atoms. The van der Waals surface area contributed by atoms with Crippen molar-refractivity contribution in [2.75, 3.05) is 6.61 Å². The summed E-state index contributed by atoms with van der Waals surface area (Å²) in [5, 5.41) is 11.3. The first-order valence-corrected chi connectivity index (χ1v) is 6.23. The molecule has 2 N–H and O–H groups in total. The predicted molar refractivity (Wildman–Crippen MR) is 70.9 cm³/mol. The summed E-state index contributed by atoms with van der Waals surface area (Å²) in [6, 6.07) is 1.27. The summed E-state index contributed by atoms with van der Waals surface area (Å²) in [5.74, 6) is -3.02. The smallest absolute Gasteiger partial charge is 0.408 e. The fourth-order valence-corrected chi connectivity index (χ4v) is 1.49. The van der Waals surface area contributed by atoms with E-state index in [4.69, 9.17) is 9.84 Å². The fraction of sp³-hybridized carbons (Fsp3) is 0.429. The second kappa shape index (κ2) is 6.62. The molecule has 0 spiro atoms. The van der Waals surface area contributed by atoms with Crippen LogP contribution in [-0.2, 0) is 4.74 Å². The van der Waals surface area contributed by atoms with Gasteiger partial charge in [0.15, 0.2) is 17.4 Å². The predicted octanol–water partition coefficient (Wildman–Crippen LogP) is 2.03. The Morgan fingerprint density at radius 3 is 2.38 bits per heavy atom. The molecule has 7 heteroatoms. The third kappa shape index (κ3) is 5.11. The maximum absolute atomic E-state index is 13.1. The molecule has 0 fully saturated rings. The molecule has 0 radical (unpaired) electrons. The van der Waals surface area contributed by atoms with Crippen LogP contribution in [0.2, 0.25) is 0 Å². The van der Waals surface area contributed by atoms with Crippen LogP contribution < -0.4 is 5.32 Å². The number of hydrogen-bond donors (Lipinski definition) is 2. The van der Waals surface area contributed by atoms with E-state index in [1.165, 1.54) is 0 Å². The van der Waals surface area contributed by atoms with Gasteiger partial charge in [-0.3, -0.25) is 4.79 Å². The van der Waals surface area contributed by atoms with Crippen molar-refractivity contribution < 1.29 is 28.2 Å². The third-order valence-corrected chi connectivity index (χ3v) is 2.39. The lowest BCUT2D eigenvalue weighted by molar-refractivity contribution is 0.0467. The molecule has 0 saturated carbocycles. The number of aliphatic hydroxyl groups is 1. The Morgan fingerprint density at radius 1 is 1.29 bits per heavy atom. The van der Waals surface area contributed by atoms with Crippen molar-refractivity contribution in [3.05, 3.63) is 35.4 Å². The maximum atomic E-state index is 13.1. The SMILES string of the molecule is CC(C)(C)OC(=O)NC(CO)C(=O)c1ccc(F)c(F)c1. The highest BCUT2D eigenvalue weighted by Gasteiger charge is 2.25. The van der Waals surface area contributed by atoms with Gasteiger partial charge in [0, 0.05) is 5.56 Å². The van der Waals surface area contributed by atoms with Crippen LogP contribution in [-0.4, -0.2) is 35.2 Å². The molecule has 0 saturated heterocycles. The number of Topliss-reactive ketones (excluding diaryl/α,β-unsaturated/α-hetero) is 1. The number of carbonyl (C=O) groups excluding carboxylic acids is 2. The third-order valence-electron chi connectivity index (χ3n) is 2.39. The molecule has 0 aliphatic carbocycles. The molecule has 116 valence electrons. The lowest BCUT2D eigenvalue weighted by Gasteiger charge is -2.22. The number of halogens is 2. The molecule has 0 aliphatic heterocycles. The summed E-state index contributed by atoms with van der Waals surface area (Å²) in [4.78, 5) is 23.6. The monoisotopic (exact) mass is 301 g/mol. The maximum Gasteiger partial charge on any atom is 0.408 e. The minimum atomic E-state index is -1.30. The van der Waals surface area contributed by atoms with E-state index in [2.05, 4.69) is 5.32 Å². The Labute approximate surface area is 120 Å². The van der Waals surface area contributed by atoms with Crippen molar-refractivity contribution in [3.63, 3.8) is 0 Å². The quantitative estimate of drug-likeness (QED) is 0.834. The second-order valence-electron chi connectivity index (χ2n) is 5.37. The summed E-state index contributed by atoms with van der Waals surface area (Å²) in [6.07, 6.45) is -0.891.